The number of hydrogen-bond donors (Lipinski definition) is 1. The molecule has 1 aliphatic heterocycles. The van der Waals surface area contributed by atoms with E-state index in [1.54, 1.807) is 29.6 Å². The number of aryl methyl sites for hydroxylation is 1. The highest BCUT2D eigenvalue weighted by atomic mass is 16.5. The topological polar surface area (TPSA) is 111 Å². The maximum atomic E-state index is 13.1. The fourth-order valence-electron chi connectivity index (χ4n) is 3.72. The van der Waals surface area contributed by atoms with Crippen molar-refractivity contribution in [1.82, 2.24) is 15.0 Å². The molecule has 0 saturated carbocycles. The van der Waals surface area contributed by atoms with E-state index >= 15 is 0 Å². The minimum atomic E-state index is -0.283. The number of pyridine rings is 1. The van der Waals surface area contributed by atoms with Crippen LogP contribution >= 0.6 is 0 Å². The number of nitrogen functional groups attached to an aromatic ring is 1. The largest absolute Gasteiger partial charge is 0.382 e. The summed E-state index contributed by atoms with van der Waals surface area (Å²) >= 11 is 0. The Labute approximate surface area is 186 Å². The molecule has 1 aliphatic rings. The molecule has 1 fully saturated rings. The number of Topliss-reactive ketones (excluding diaryl/α,β-unsaturated/α-hetero) is 1. The zero-order chi connectivity index (χ0) is 22.5. The van der Waals surface area contributed by atoms with Crippen LogP contribution in [0.15, 0.2) is 48.9 Å². The smallest absolute Gasteiger partial charge is 0.253 e. The molecule has 0 radical (unpaired) electrons. The van der Waals surface area contributed by atoms with Crippen LogP contribution in [-0.2, 0) is 22.4 Å². The third kappa shape index (κ3) is 4.65. The van der Waals surface area contributed by atoms with Gasteiger partial charge in [-0.3, -0.25) is 14.6 Å². The Morgan fingerprint density at radius 2 is 2.00 bits per heavy atom. The van der Waals surface area contributed by atoms with Crippen molar-refractivity contribution in [3.8, 4) is 11.3 Å². The van der Waals surface area contributed by atoms with E-state index in [1.165, 1.54) is 5.56 Å². The molecule has 0 spiro atoms. The first-order chi connectivity index (χ1) is 15.6. The van der Waals surface area contributed by atoms with Crippen LogP contribution in [0.25, 0.3) is 11.3 Å². The van der Waals surface area contributed by atoms with Gasteiger partial charge in [-0.15, -0.1) is 0 Å². The van der Waals surface area contributed by atoms with Crippen molar-refractivity contribution < 1.29 is 14.3 Å². The van der Waals surface area contributed by atoms with Crippen molar-refractivity contribution in [3.05, 3.63) is 65.7 Å². The van der Waals surface area contributed by atoms with Crippen LogP contribution in [-0.4, -0.2) is 46.4 Å². The summed E-state index contributed by atoms with van der Waals surface area (Å²) in [7, 11) is 0. The Morgan fingerprint density at radius 1 is 1.19 bits per heavy atom. The Bertz CT molecular complexity index is 1130. The number of rotatable bonds is 7. The lowest BCUT2D eigenvalue weighted by Gasteiger charge is -2.28. The number of amides is 1. The van der Waals surface area contributed by atoms with Gasteiger partial charge >= 0.3 is 0 Å². The summed E-state index contributed by atoms with van der Waals surface area (Å²) in [6.07, 6.45) is 6.86. The van der Waals surface area contributed by atoms with Crippen LogP contribution in [0.2, 0.25) is 0 Å². The summed E-state index contributed by atoms with van der Waals surface area (Å²) in [5.41, 5.74) is 10.1. The van der Waals surface area contributed by atoms with E-state index in [-0.39, 0.29) is 36.2 Å². The molecule has 3 aromatic rings. The van der Waals surface area contributed by atoms with Crippen molar-refractivity contribution >= 4 is 23.2 Å². The quantitative estimate of drug-likeness (QED) is 0.573. The van der Waals surface area contributed by atoms with Gasteiger partial charge < -0.3 is 15.4 Å². The highest BCUT2D eigenvalue weighted by Gasteiger charge is 2.24. The molecular weight excluding hydrogens is 406 g/mol. The lowest BCUT2D eigenvalue weighted by molar-refractivity contribution is -0.125. The first kappa shape index (κ1) is 21.6. The molecule has 0 bridgehead atoms. The van der Waals surface area contributed by atoms with Gasteiger partial charge in [-0.1, -0.05) is 37.6 Å². The summed E-state index contributed by atoms with van der Waals surface area (Å²) in [6, 6.07) is 9.79. The van der Waals surface area contributed by atoms with Gasteiger partial charge in [-0.05, 0) is 18.1 Å². The van der Waals surface area contributed by atoms with Gasteiger partial charge in [0.1, 0.15) is 12.3 Å². The molecule has 2 N–H and O–H groups in total. The predicted octanol–water partition coefficient (Wildman–Crippen LogP) is 2.86. The highest BCUT2D eigenvalue weighted by Crippen LogP contribution is 2.24. The molecule has 4 rings (SSSR count). The number of nitrogens with zero attached hydrogens (tertiary/aromatic N) is 4. The second-order valence-corrected chi connectivity index (χ2v) is 7.64. The van der Waals surface area contributed by atoms with Gasteiger partial charge in [-0.25, -0.2) is 9.97 Å². The molecule has 0 unspecified atom stereocenters. The molecule has 0 atom stereocenters. The predicted molar refractivity (Wildman–Crippen MR) is 121 cm³/mol. The van der Waals surface area contributed by atoms with E-state index in [1.807, 2.05) is 12.1 Å². The van der Waals surface area contributed by atoms with Crippen LogP contribution in [0, 0.1) is 0 Å². The minimum absolute atomic E-state index is 0.00554. The van der Waals surface area contributed by atoms with Crippen LogP contribution in [0.3, 0.4) is 0 Å². The summed E-state index contributed by atoms with van der Waals surface area (Å²) < 4.78 is 5.21. The average molecular weight is 431 g/mol. The first-order valence-corrected chi connectivity index (χ1v) is 10.6. The van der Waals surface area contributed by atoms with Gasteiger partial charge in [0.15, 0.2) is 11.6 Å². The molecule has 3 heterocycles. The minimum Gasteiger partial charge on any atom is -0.382 e. The second-order valence-electron chi connectivity index (χ2n) is 7.64. The Hall–Kier alpha value is -3.65. The number of carbonyl (C=O) groups is 2. The summed E-state index contributed by atoms with van der Waals surface area (Å²) in [5.74, 6) is -0.354. The molecule has 164 valence electrons. The van der Waals surface area contributed by atoms with Gasteiger partial charge in [0.2, 0.25) is 0 Å². The van der Waals surface area contributed by atoms with Crippen molar-refractivity contribution in [2.75, 3.05) is 30.4 Å². The SMILES string of the molecule is CCCc1ccc(-c2cnc(N)c(C(=O)Cc3cnccc3N3CCOCC3=O)n2)cc1. The van der Waals surface area contributed by atoms with Crippen molar-refractivity contribution in [2.24, 2.45) is 0 Å². The van der Waals surface area contributed by atoms with E-state index in [0.717, 1.165) is 18.4 Å². The standard InChI is InChI=1S/C24H25N5O3/c1-2-3-16-4-6-17(7-5-16)19-14-27-24(25)23(28-19)21(30)12-18-13-26-9-8-20(18)29-10-11-32-15-22(29)31/h4-9,13-14H,2-3,10-12,15H2,1H3,(H2,25,27). The summed E-state index contributed by atoms with van der Waals surface area (Å²) in [6.45, 7) is 3.03. The number of benzene rings is 1. The van der Waals surface area contributed by atoms with Gasteiger partial charge in [-0.2, -0.15) is 0 Å². The number of ketones is 1. The Morgan fingerprint density at radius 3 is 2.75 bits per heavy atom. The third-order valence-electron chi connectivity index (χ3n) is 5.36. The van der Waals surface area contributed by atoms with E-state index in [0.29, 0.717) is 30.1 Å². The maximum Gasteiger partial charge on any atom is 0.253 e. The number of anilines is 2. The molecule has 8 heteroatoms. The highest BCUT2D eigenvalue weighted by molar-refractivity contribution is 6.01. The van der Waals surface area contributed by atoms with Gasteiger partial charge in [0.25, 0.3) is 5.91 Å². The molecule has 2 aromatic heterocycles. The molecule has 8 nitrogen and oxygen atoms in total. The monoisotopic (exact) mass is 431 g/mol. The fourth-order valence-corrected chi connectivity index (χ4v) is 3.72. The second kappa shape index (κ2) is 9.65. The number of aromatic nitrogens is 3. The molecular formula is C24H25N5O3. The van der Waals surface area contributed by atoms with E-state index in [4.69, 9.17) is 10.5 Å². The van der Waals surface area contributed by atoms with Crippen LogP contribution < -0.4 is 10.6 Å². The third-order valence-corrected chi connectivity index (χ3v) is 5.36. The van der Waals surface area contributed by atoms with Crippen LogP contribution in [0.4, 0.5) is 11.5 Å². The maximum absolute atomic E-state index is 13.1. The first-order valence-electron chi connectivity index (χ1n) is 10.6. The van der Waals surface area contributed by atoms with Crippen LogP contribution in [0.5, 0.6) is 0 Å². The number of hydrogen-bond acceptors (Lipinski definition) is 7. The zero-order valence-electron chi connectivity index (χ0n) is 18.0. The Kier molecular flexibility index (Phi) is 6.51. The number of nitrogens with two attached hydrogens (primary N) is 1. The van der Waals surface area contributed by atoms with E-state index < -0.39 is 0 Å². The van der Waals surface area contributed by atoms with Crippen LogP contribution in [0.1, 0.15) is 35.0 Å². The average Bonchev–Trinajstić information content (AvgIpc) is 2.81. The van der Waals surface area contributed by atoms with Crippen molar-refractivity contribution in [2.45, 2.75) is 26.2 Å². The van der Waals surface area contributed by atoms with E-state index in [2.05, 4.69) is 34.0 Å². The fraction of sp³-hybridized carbons (Fsp3) is 0.292. The number of carbonyl (C=O) groups excluding carboxylic acids is 2. The summed E-state index contributed by atoms with van der Waals surface area (Å²) in [4.78, 5) is 39.9. The Balaban J connectivity index is 1.59. The van der Waals surface area contributed by atoms with Crippen molar-refractivity contribution in [1.29, 1.82) is 0 Å². The molecule has 32 heavy (non-hydrogen) atoms. The summed E-state index contributed by atoms with van der Waals surface area (Å²) in [5, 5.41) is 0. The zero-order valence-corrected chi connectivity index (χ0v) is 18.0. The lowest BCUT2D eigenvalue weighted by atomic mass is 10.0. The van der Waals surface area contributed by atoms with E-state index in [9.17, 15) is 9.59 Å². The lowest BCUT2D eigenvalue weighted by Crippen LogP contribution is -2.42. The van der Waals surface area contributed by atoms with Gasteiger partial charge in [0, 0.05) is 36.5 Å². The molecule has 1 saturated heterocycles. The number of morpholine rings is 1. The molecule has 1 aromatic carbocycles. The molecule has 1 amide bonds. The van der Waals surface area contributed by atoms with Gasteiger partial charge in [0.05, 0.1) is 24.2 Å². The normalized spacial score (nSPS) is 13.9. The van der Waals surface area contributed by atoms with Crippen molar-refractivity contribution in [3.63, 3.8) is 0 Å². The molecule has 0 aliphatic carbocycles. The number of ether oxygens (including phenoxy) is 1.